The van der Waals surface area contributed by atoms with Gasteiger partial charge in [-0.25, -0.2) is 0 Å². The SMILES string of the molecule is COc1cc(CNC(=O)CCOc2ccccc2-c2ccccc2)ccc1OC(F)F. The monoisotopic (exact) mass is 427 g/mol. The summed E-state index contributed by atoms with van der Waals surface area (Å²) in [6, 6.07) is 22.1. The molecule has 0 bridgehead atoms. The first-order valence-electron chi connectivity index (χ1n) is 9.72. The van der Waals surface area contributed by atoms with E-state index in [0.29, 0.717) is 11.3 Å². The van der Waals surface area contributed by atoms with Gasteiger partial charge in [0.05, 0.1) is 20.1 Å². The Morgan fingerprint density at radius 1 is 0.935 bits per heavy atom. The molecule has 3 aromatic rings. The molecule has 3 aromatic carbocycles. The van der Waals surface area contributed by atoms with Gasteiger partial charge < -0.3 is 19.5 Å². The predicted octanol–water partition coefficient (Wildman–Crippen LogP) is 5.05. The van der Waals surface area contributed by atoms with Crippen LogP contribution in [0, 0.1) is 0 Å². The third kappa shape index (κ3) is 6.44. The molecule has 0 unspecified atom stereocenters. The molecule has 0 fully saturated rings. The Bertz CT molecular complexity index is 996. The minimum Gasteiger partial charge on any atom is -0.493 e. The van der Waals surface area contributed by atoms with Gasteiger partial charge in [0.1, 0.15) is 5.75 Å². The number of carbonyl (C=O) groups excluding carboxylic acids is 1. The van der Waals surface area contributed by atoms with E-state index in [-0.39, 0.29) is 37.0 Å². The number of carbonyl (C=O) groups is 1. The van der Waals surface area contributed by atoms with Crippen molar-refractivity contribution in [2.75, 3.05) is 13.7 Å². The number of halogens is 2. The van der Waals surface area contributed by atoms with Crippen molar-refractivity contribution in [1.29, 1.82) is 0 Å². The summed E-state index contributed by atoms with van der Waals surface area (Å²) in [6.07, 6.45) is 0.173. The third-order valence-electron chi connectivity index (χ3n) is 4.49. The Balaban J connectivity index is 1.51. The number of methoxy groups -OCH3 is 1. The molecule has 0 atom stereocenters. The second-order valence-electron chi connectivity index (χ2n) is 6.60. The van der Waals surface area contributed by atoms with Crippen LogP contribution in [0.1, 0.15) is 12.0 Å². The fraction of sp³-hybridized carbons (Fsp3) is 0.208. The van der Waals surface area contributed by atoms with Gasteiger partial charge in [0.15, 0.2) is 11.5 Å². The first-order chi connectivity index (χ1) is 15.1. The first-order valence-corrected chi connectivity index (χ1v) is 9.72. The number of ether oxygens (including phenoxy) is 3. The van der Waals surface area contributed by atoms with Gasteiger partial charge in [0, 0.05) is 12.1 Å². The highest BCUT2D eigenvalue weighted by Gasteiger charge is 2.12. The zero-order chi connectivity index (χ0) is 22.1. The summed E-state index contributed by atoms with van der Waals surface area (Å²) < 4.78 is 40.1. The minimum absolute atomic E-state index is 0.0574. The number of benzene rings is 3. The number of para-hydroxylation sites is 1. The zero-order valence-electron chi connectivity index (χ0n) is 17.0. The lowest BCUT2D eigenvalue weighted by atomic mass is 10.1. The van der Waals surface area contributed by atoms with Gasteiger partial charge in [-0.1, -0.05) is 54.6 Å². The fourth-order valence-corrected chi connectivity index (χ4v) is 3.01. The molecule has 0 heterocycles. The average molecular weight is 427 g/mol. The van der Waals surface area contributed by atoms with E-state index in [4.69, 9.17) is 9.47 Å². The molecular formula is C24H23F2NO4. The van der Waals surface area contributed by atoms with E-state index in [1.165, 1.54) is 13.2 Å². The molecule has 0 spiro atoms. The number of hydrogen-bond donors (Lipinski definition) is 1. The Morgan fingerprint density at radius 3 is 2.42 bits per heavy atom. The van der Waals surface area contributed by atoms with E-state index in [1.54, 1.807) is 12.1 Å². The molecule has 0 saturated carbocycles. The number of hydrogen-bond acceptors (Lipinski definition) is 4. The van der Waals surface area contributed by atoms with E-state index in [0.717, 1.165) is 11.1 Å². The maximum atomic E-state index is 12.4. The lowest BCUT2D eigenvalue weighted by Crippen LogP contribution is -2.24. The Morgan fingerprint density at radius 2 is 1.68 bits per heavy atom. The van der Waals surface area contributed by atoms with Gasteiger partial charge >= 0.3 is 6.61 Å². The summed E-state index contributed by atoms with van der Waals surface area (Å²) in [5.41, 5.74) is 2.69. The van der Waals surface area contributed by atoms with Crippen molar-refractivity contribution in [2.45, 2.75) is 19.6 Å². The highest BCUT2D eigenvalue weighted by Crippen LogP contribution is 2.30. The van der Waals surface area contributed by atoms with E-state index in [2.05, 4.69) is 10.1 Å². The molecule has 31 heavy (non-hydrogen) atoms. The van der Waals surface area contributed by atoms with E-state index in [1.807, 2.05) is 54.6 Å². The molecule has 7 heteroatoms. The molecule has 0 saturated heterocycles. The van der Waals surface area contributed by atoms with Crippen molar-refractivity contribution < 1.29 is 27.8 Å². The maximum absolute atomic E-state index is 12.4. The van der Waals surface area contributed by atoms with Gasteiger partial charge in [0.2, 0.25) is 5.91 Å². The molecule has 1 amide bonds. The van der Waals surface area contributed by atoms with Crippen LogP contribution in [0.15, 0.2) is 72.8 Å². The van der Waals surface area contributed by atoms with Crippen molar-refractivity contribution >= 4 is 5.91 Å². The van der Waals surface area contributed by atoms with Crippen molar-refractivity contribution in [3.8, 4) is 28.4 Å². The Labute approximate surface area is 179 Å². The van der Waals surface area contributed by atoms with E-state index >= 15 is 0 Å². The van der Waals surface area contributed by atoms with Gasteiger partial charge in [0.25, 0.3) is 0 Å². The van der Waals surface area contributed by atoms with Crippen molar-refractivity contribution in [3.05, 3.63) is 78.4 Å². The van der Waals surface area contributed by atoms with Crippen LogP contribution in [0.4, 0.5) is 8.78 Å². The summed E-state index contributed by atoms with van der Waals surface area (Å²) in [5.74, 6) is 0.635. The largest absolute Gasteiger partial charge is 0.493 e. The van der Waals surface area contributed by atoms with Crippen LogP contribution in [0.2, 0.25) is 0 Å². The molecule has 1 N–H and O–H groups in total. The van der Waals surface area contributed by atoms with Crippen LogP contribution in [0.3, 0.4) is 0 Å². The number of alkyl halides is 2. The normalized spacial score (nSPS) is 10.6. The van der Waals surface area contributed by atoms with Crippen LogP contribution in [0.25, 0.3) is 11.1 Å². The van der Waals surface area contributed by atoms with Crippen LogP contribution in [-0.4, -0.2) is 26.2 Å². The maximum Gasteiger partial charge on any atom is 0.387 e. The smallest absolute Gasteiger partial charge is 0.387 e. The topological polar surface area (TPSA) is 56.8 Å². The van der Waals surface area contributed by atoms with Gasteiger partial charge in [-0.2, -0.15) is 8.78 Å². The highest BCUT2D eigenvalue weighted by molar-refractivity contribution is 5.76. The second-order valence-corrected chi connectivity index (χ2v) is 6.60. The molecule has 162 valence electrons. The fourth-order valence-electron chi connectivity index (χ4n) is 3.01. The van der Waals surface area contributed by atoms with E-state index < -0.39 is 6.61 Å². The summed E-state index contributed by atoms with van der Waals surface area (Å²) in [6.45, 7) is -2.49. The van der Waals surface area contributed by atoms with Crippen LogP contribution in [-0.2, 0) is 11.3 Å². The standard InChI is InChI=1S/C24H23F2NO4/c1-29-22-15-17(11-12-21(22)31-24(25)26)16-27-23(28)13-14-30-20-10-6-5-9-19(20)18-7-3-2-4-8-18/h2-12,15,24H,13-14,16H2,1H3,(H,27,28). The Kier molecular flexibility index (Phi) is 7.81. The Hall–Kier alpha value is -3.61. The van der Waals surface area contributed by atoms with Crippen LogP contribution < -0.4 is 19.5 Å². The zero-order valence-corrected chi connectivity index (χ0v) is 17.0. The average Bonchev–Trinajstić information content (AvgIpc) is 2.79. The number of nitrogens with one attached hydrogen (secondary N) is 1. The molecule has 0 aromatic heterocycles. The molecule has 0 aliphatic heterocycles. The summed E-state index contributed by atoms with van der Waals surface area (Å²) in [7, 11) is 1.36. The number of amides is 1. The lowest BCUT2D eigenvalue weighted by molar-refractivity contribution is -0.121. The highest BCUT2D eigenvalue weighted by atomic mass is 19.3. The van der Waals surface area contributed by atoms with Crippen LogP contribution >= 0.6 is 0 Å². The molecule has 5 nitrogen and oxygen atoms in total. The summed E-state index contributed by atoms with van der Waals surface area (Å²) >= 11 is 0. The number of rotatable bonds is 10. The van der Waals surface area contributed by atoms with Crippen molar-refractivity contribution in [2.24, 2.45) is 0 Å². The quantitative estimate of drug-likeness (QED) is 0.492. The van der Waals surface area contributed by atoms with E-state index in [9.17, 15) is 13.6 Å². The second kappa shape index (κ2) is 11.0. The molecule has 3 rings (SSSR count). The predicted molar refractivity (Wildman–Crippen MR) is 113 cm³/mol. The minimum atomic E-state index is -2.94. The van der Waals surface area contributed by atoms with Gasteiger partial charge in [-0.05, 0) is 29.3 Å². The summed E-state index contributed by atoms with van der Waals surface area (Å²) in [5, 5.41) is 2.78. The lowest BCUT2D eigenvalue weighted by Gasteiger charge is -2.13. The van der Waals surface area contributed by atoms with Crippen molar-refractivity contribution in [1.82, 2.24) is 5.32 Å². The first kappa shape index (κ1) is 22.1. The third-order valence-corrected chi connectivity index (χ3v) is 4.49. The molecule has 0 aliphatic rings. The molecule has 0 aliphatic carbocycles. The molecule has 0 radical (unpaired) electrons. The molecular weight excluding hydrogens is 404 g/mol. The van der Waals surface area contributed by atoms with Gasteiger partial charge in [-0.15, -0.1) is 0 Å². The van der Waals surface area contributed by atoms with Gasteiger partial charge in [-0.3, -0.25) is 4.79 Å². The summed E-state index contributed by atoms with van der Waals surface area (Å²) in [4.78, 5) is 12.2. The van der Waals surface area contributed by atoms with Crippen molar-refractivity contribution in [3.63, 3.8) is 0 Å². The van der Waals surface area contributed by atoms with Crippen LogP contribution in [0.5, 0.6) is 17.2 Å².